The van der Waals surface area contributed by atoms with E-state index in [0.717, 1.165) is 24.4 Å². The summed E-state index contributed by atoms with van der Waals surface area (Å²) in [5.41, 5.74) is 2.18. The number of nitrogens with zero attached hydrogens (tertiary/aromatic N) is 3. The quantitative estimate of drug-likeness (QED) is 0.823. The smallest absolute Gasteiger partial charge is 0.0972 e. The van der Waals surface area contributed by atoms with Gasteiger partial charge in [0, 0.05) is 18.3 Å². The van der Waals surface area contributed by atoms with Gasteiger partial charge in [0.2, 0.25) is 0 Å². The van der Waals surface area contributed by atoms with Gasteiger partial charge >= 0.3 is 0 Å². The average molecular weight is 220 g/mol. The minimum Gasteiger partial charge on any atom is -0.300 e. The zero-order valence-corrected chi connectivity index (χ0v) is 10.5. The fourth-order valence-electron chi connectivity index (χ4n) is 1.74. The molecule has 0 bridgehead atoms. The number of nitriles is 1. The molecule has 0 aliphatic carbocycles. The van der Waals surface area contributed by atoms with Crippen LogP contribution in [0.1, 0.15) is 31.7 Å². The third-order valence-electron chi connectivity index (χ3n) is 2.42. The van der Waals surface area contributed by atoms with E-state index < -0.39 is 0 Å². The Kier molecular flexibility index (Phi) is 4.51. The summed E-state index contributed by atoms with van der Waals surface area (Å²) in [4.78, 5) is 0. The van der Waals surface area contributed by atoms with Crippen LogP contribution >= 0.6 is 0 Å². The first kappa shape index (κ1) is 12.7. The topological polar surface area (TPSA) is 53.6 Å². The molecule has 0 fully saturated rings. The highest BCUT2D eigenvalue weighted by atomic mass is 15.3. The van der Waals surface area contributed by atoms with Gasteiger partial charge in [0.1, 0.15) is 0 Å². The van der Waals surface area contributed by atoms with Crippen molar-refractivity contribution in [3.8, 4) is 6.07 Å². The van der Waals surface area contributed by atoms with Gasteiger partial charge in [-0.15, -0.1) is 0 Å². The van der Waals surface area contributed by atoms with Gasteiger partial charge < -0.3 is 0 Å². The Hall–Kier alpha value is -1.34. The van der Waals surface area contributed by atoms with Crippen molar-refractivity contribution in [1.29, 1.82) is 5.26 Å². The lowest BCUT2D eigenvalue weighted by Gasteiger charge is -2.14. The average Bonchev–Trinajstić information content (AvgIpc) is 2.51. The number of hydrogen-bond donors (Lipinski definition) is 1. The number of aromatic nitrogens is 2. The molecule has 0 aliphatic heterocycles. The molecule has 4 heteroatoms. The van der Waals surface area contributed by atoms with Crippen molar-refractivity contribution in [2.24, 2.45) is 0 Å². The van der Waals surface area contributed by atoms with Crippen molar-refractivity contribution in [3.63, 3.8) is 0 Å². The van der Waals surface area contributed by atoms with Gasteiger partial charge in [-0.05, 0) is 40.2 Å². The molecule has 1 rings (SSSR count). The molecule has 0 saturated heterocycles. The minimum absolute atomic E-state index is 0.0936. The van der Waals surface area contributed by atoms with E-state index in [0.29, 0.717) is 6.04 Å². The maximum Gasteiger partial charge on any atom is 0.0972 e. The molecule has 1 atom stereocenters. The highest BCUT2D eigenvalue weighted by Gasteiger charge is 2.09. The van der Waals surface area contributed by atoms with Crippen molar-refractivity contribution in [2.45, 2.75) is 52.7 Å². The number of aryl methyl sites for hydroxylation is 3. The third kappa shape index (κ3) is 3.67. The second-order valence-electron chi connectivity index (χ2n) is 4.44. The highest BCUT2D eigenvalue weighted by Crippen LogP contribution is 2.04. The van der Waals surface area contributed by atoms with Crippen LogP contribution in [0.15, 0.2) is 6.07 Å². The Morgan fingerprint density at radius 1 is 1.50 bits per heavy atom. The monoisotopic (exact) mass is 220 g/mol. The molecular weight excluding hydrogens is 200 g/mol. The van der Waals surface area contributed by atoms with E-state index in [1.54, 1.807) is 0 Å². The van der Waals surface area contributed by atoms with E-state index in [9.17, 15) is 0 Å². The lowest BCUT2D eigenvalue weighted by molar-refractivity contribution is 0.457. The van der Waals surface area contributed by atoms with Crippen LogP contribution in [0.25, 0.3) is 0 Å². The van der Waals surface area contributed by atoms with E-state index in [1.807, 2.05) is 32.4 Å². The van der Waals surface area contributed by atoms with Gasteiger partial charge in [0.15, 0.2) is 0 Å². The predicted molar refractivity (Wildman–Crippen MR) is 64.0 cm³/mol. The van der Waals surface area contributed by atoms with Crippen molar-refractivity contribution in [1.82, 2.24) is 15.1 Å². The van der Waals surface area contributed by atoms with Crippen molar-refractivity contribution >= 4 is 0 Å². The molecule has 0 spiro atoms. The summed E-state index contributed by atoms with van der Waals surface area (Å²) in [6.07, 6.45) is 0.788. The standard InChI is InChI=1S/C12H20N4/c1-9(2)14-12(8-13)5-6-16-11(4)7-10(3)15-16/h7,9,12,14H,5-6H2,1-4H3. The molecule has 1 aromatic rings. The normalized spacial score (nSPS) is 12.8. The van der Waals surface area contributed by atoms with Gasteiger partial charge in [-0.25, -0.2) is 0 Å². The van der Waals surface area contributed by atoms with Gasteiger partial charge in [-0.3, -0.25) is 10.00 Å². The van der Waals surface area contributed by atoms with Gasteiger partial charge in [-0.1, -0.05) is 0 Å². The van der Waals surface area contributed by atoms with Crippen LogP contribution in [0.4, 0.5) is 0 Å². The summed E-state index contributed by atoms with van der Waals surface area (Å²) in [7, 11) is 0. The summed E-state index contributed by atoms with van der Waals surface area (Å²) in [5.74, 6) is 0. The molecule has 0 amide bonds. The molecule has 88 valence electrons. The minimum atomic E-state index is -0.0936. The first-order chi connectivity index (χ1) is 7.52. The van der Waals surface area contributed by atoms with Gasteiger partial charge in [0.25, 0.3) is 0 Å². The molecule has 0 aromatic carbocycles. The van der Waals surface area contributed by atoms with E-state index in [-0.39, 0.29) is 6.04 Å². The zero-order valence-electron chi connectivity index (χ0n) is 10.5. The Labute approximate surface area is 97.3 Å². The molecule has 0 aliphatic rings. The molecule has 1 heterocycles. The van der Waals surface area contributed by atoms with E-state index in [2.05, 4.69) is 22.6 Å². The Morgan fingerprint density at radius 3 is 2.62 bits per heavy atom. The lowest BCUT2D eigenvalue weighted by atomic mass is 10.2. The Bertz CT molecular complexity index is 373. The van der Waals surface area contributed by atoms with E-state index >= 15 is 0 Å². The van der Waals surface area contributed by atoms with E-state index in [4.69, 9.17) is 5.26 Å². The molecule has 1 N–H and O–H groups in total. The second-order valence-corrected chi connectivity index (χ2v) is 4.44. The molecular formula is C12H20N4. The third-order valence-corrected chi connectivity index (χ3v) is 2.42. The second kappa shape index (κ2) is 5.66. The molecule has 1 aromatic heterocycles. The van der Waals surface area contributed by atoms with Crippen LogP contribution in [0.5, 0.6) is 0 Å². The van der Waals surface area contributed by atoms with Gasteiger partial charge in [0.05, 0.1) is 17.8 Å². The maximum absolute atomic E-state index is 8.99. The zero-order chi connectivity index (χ0) is 12.1. The summed E-state index contributed by atoms with van der Waals surface area (Å²) < 4.78 is 1.96. The van der Waals surface area contributed by atoms with Crippen LogP contribution in [-0.2, 0) is 6.54 Å². The fourth-order valence-corrected chi connectivity index (χ4v) is 1.74. The fraction of sp³-hybridized carbons (Fsp3) is 0.667. The Morgan fingerprint density at radius 2 is 2.19 bits per heavy atom. The van der Waals surface area contributed by atoms with Crippen LogP contribution < -0.4 is 5.32 Å². The number of hydrogen-bond acceptors (Lipinski definition) is 3. The highest BCUT2D eigenvalue weighted by molar-refractivity contribution is 5.06. The summed E-state index contributed by atoms with van der Waals surface area (Å²) in [5, 5.41) is 16.6. The molecule has 1 unspecified atom stereocenters. The van der Waals surface area contributed by atoms with Crippen LogP contribution in [0.3, 0.4) is 0 Å². The van der Waals surface area contributed by atoms with Crippen molar-refractivity contribution in [2.75, 3.05) is 0 Å². The summed E-state index contributed by atoms with van der Waals surface area (Å²) in [6, 6.07) is 4.57. The number of rotatable bonds is 5. The van der Waals surface area contributed by atoms with E-state index in [1.165, 1.54) is 0 Å². The first-order valence-corrected chi connectivity index (χ1v) is 5.69. The van der Waals surface area contributed by atoms with Crippen LogP contribution in [0.2, 0.25) is 0 Å². The van der Waals surface area contributed by atoms with Crippen LogP contribution in [-0.4, -0.2) is 21.9 Å². The SMILES string of the molecule is Cc1cc(C)n(CCC(C#N)NC(C)C)n1. The summed E-state index contributed by atoms with van der Waals surface area (Å²) >= 11 is 0. The van der Waals surface area contributed by atoms with Gasteiger partial charge in [-0.2, -0.15) is 10.4 Å². The molecule has 4 nitrogen and oxygen atoms in total. The number of nitrogens with one attached hydrogen (secondary N) is 1. The molecule has 0 saturated carbocycles. The molecule has 16 heavy (non-hydrogen) atoms. The van der Waals surface area contributed by atoms with Crippen molar-refractivity contribution < 1.29 is 0 Å². The molecule has 0 radical (unpaired) electrons. The lowest BCUT2D eigenvalue weighted by Crippen LogP contribution is -2.34. The summed E-state index contributed by atoms with van der Waals surface area (Å²) in [6.45, 7) is 8.91. The van der Waals surface area contributed by atoms with Crippen LogP contribution in [0, 0.1) is 25.2 Å². The largest absolute Gasteiger partial charge is 0.300 e. The Balaban J connectivity index is 2.50. The van der Waals surface area contributed by atoms with Crippen molar-refractivity contribution in [3.05, 3.63) is 17.5 Å². The predicted octanol–water partition coefficient (Wildman–Crippen LogP) is 1.78. The maximum atomic E-state index is 8.99. The first-order valence-electron chi connectivity index (χ1n) is 5.69.